The van der Waals surface area contributed by atoms with E-state index < -0.39 is 5.97 Å². The molecule has 0 amide bonds. The number of hydrogen-bond donors (Lipinski definition) is 2. The topological polar surface area (TPSA) is 61.1 Å². The minimum atomic E-state index is -0.759. The Morgan fingerprint density at radius 2 is 1.87 bits per heavy atom. The fourth-order valence-corrected chi connectivity index (χ4v) is 2.77. The first-order valence-electron chi connectivity index (χ1n) is 7.58. The summed E-state index contributed by atoms with van der Waals surface area (Å²) < 4.78 is 0. The lowest BCUT2D eigenvalue weighted by atomic mass is 9.93. The average molecular weight is 325 g/mol. The molecular formula is C19H19NO2S. The summed E-state index contributed by atoms with van der Waals surface area (Å²) in [6, 6.07) is 17.4. The largest absolute Gasteiger partial charge is 0.481 e. The molecule has 0 radical (unpaired) electrons. The van der Waals surface area contributed by atoms with Crippen LogP contribution in [0.1, 0.15) is 24.0 Å². The van der Waals surface area contributed by atoms with Gasteiger partial charge in [0.2, 0.25) is 0 Å². The molecule has 0 saturated carbocycles. The highest BCUT2D eigenvalue weighted by Crippen LogP contribution is 2.24. The van der Waals surface area contributed by atoms with Crippen LogP contribution < -0.4 is 0 Å². The Morgan fingerprint density at radius 1 is 1.17 bits per heavy atom. The van der Waals surface area contributed by atoms with Gasteiger partial charge in [-0.15, -0.1) is 0 Å². The molecule has 0 spiro atoms. The van der Waals surface area contributed by atoms with E-state index in [1.807, 2.05) is 42.5 Å². The Labute approximate surface area is 142 Å². The van der Waals surface area contributed by atoms with Crippen molar-refractivity contribution in [3.63, 3.8) is 0 Å². The number of thiol groups is 1. The second-order valence-electron chi connectivity index (χ2n) is 5.46. The van der Waals surface area contributed by atoms with Crippen molar-refractivity contribution in [1.82, 2.24) is 0 Å². The van der Waals surface area contributed by atoms with Gasteiger partial charge < -0.3 is 5.11 Å². The van der Waals surface area contributed by atoms with Crippen LogP contribution in [-0.4, -0.2) is 16.8 Å². The lowest BCUT2D eigenvalue weighted by molar-refractivity contribution is -0.141. The predicted molar refractivity (Wildman–Crippen MR) is 94.5 cm³/mol. The molecule has 0 aliphatic heterocycles. The second kappa shape index (κ2) is 8.40. The van der Waals surface area contributed by atoms with E-state index in [4.69, 9.17) is 0 Å². The van der Waals surface area contributed by atoms with Crippen LogP contribution in [0, 0.1) is 17.2 Å². The highest BCUT2D eigenvalue weighted by atomic mass is 32.1. The fourth-order valence-electron chi connectivity index (χ4n) is 2.59. The molecule has 3 nitrogen and oxygen atoms in total. The van der Waals surface area contributed by atoms with Gasteiger partial charge in [-0.3, -0.25) is 4.79 Å². The number of nitrogens with zero attached hydrogens (tertiary/aromatic N) is 1. The van der Waals surface area contributed by atoms with E-state index in [1.165, 1.54) is 0 Å². The van der Waals surface area contributed by atoms with Gasteiger partial charge in [-0.2, -0.15) is 17.9 Å². The molecule has 1 atom stereocenters. The third kappa shape index (κ3) is 4.61. The minimum absolute atomic E-state index is 0.376. The van der Waals surface area contributed by atoms with Gasteiger partial charge in [-0.1, -0.05) is 42.5 Å². The third-order valence-electron chi connectivity index (χ3n) is 3.85. The monoisotopic (exact) mass is 325 g/mol. The molecule has 0 saturated heterocycles. The highest BCUT2D eigenvalue weighted by Gasteiger charge is 2.17. The normalized spacial score (nSPS) is 11.7. The van der Waals surface area contributed by atoms with E-state index in [1.54, 1.807) is 6.07 Å². The van der Waals surface area contributed by atoms with Crippen LogP contribution in [0.5, 0.6) is 0 Å². The van der Waals surface area contributed by atoms with E-state index in [-0.39, 0.29) is 5.92 Å². The number of carboxylic acid groups (broad SMARTS) is 1. The maximum atomic E-state index is 11.3. The van der Waals surface area contributed by atoms with E-state index in [9.17, 15) is 15.2 Å². The second-order valence-corrected chi connectivity index (χ2v) is 5.91. The van der Waals surface area contributed by atoms with Gasteiger partial charge in [0.05, 0.1) is 17.6 Å². The first-order valence-corrected chi connectivity index (χ1v) is 8.21. The molecule has 2 aromatic carbocycles. The summed E-state index contributed by atoms with van der Waals surface area (Å²) in [4.78, 5) is 11.3. The van der Waals surface area contributed by atoms with Crippen LogP contribution in [0.2, 0.25) is 0 Å². The molecule has 1 N–H and O–H groups in total. The van der Waals surface area contributed by atoms with Gasteiger partial charge in [0.15, 0.2) is 0 Å². The SMILES string of the molecule is N#Cc1ccccc1-c1ccc(CC(CCCS)C(=O)O)cc1. The molecular weight excluding hydrogens is 306 g/mol. The number of nitriles is 1. The van der Waals surface area contributed by atoms with Gasteiger partial charge >= 0.3 is 5.97 Å². The van der Waals surface area contributed by atoms with Gasteiger partial charge in [0.25, 0.3) is 0 Å². The number of benzene rings is 2. The van der Waals surface area contributed by atoms with E-state index in [0.717, 1.165) is 23.1 Å². The maximum Gasteiger partial charge on any atom is 0.306 e. The Bertz CT molecular complexity index is 704. The van der Waals surface area contributed by atoms with Crippen LogP contribution >= 0.6 is 12.6 Å². The molecule has 2 aromatic rings. The average Bonchev–Trinajstić information content (AvgIpc) is 2.59. The summed E-state index contributed by atoms with van der Waals surface area (Å²) in [7, 11) is 0. The zero-order valence-corrected chi connectivity index (χ0v) is 13.7. The van der Waals surface area contributed by atoms with Crippen molar-refractivity contribution in [2.75, 3.05) is 5.75 Å². The number of aliphatic carboxylic acids is 1. The molecule has 0 heterocycles. The Morgan fingerprint density at radius 3 is 2.48 bits per heavy atom. The quantitative estimate of drug-likeness (QED) is 0.751. The molecule has 0 aliphatic rings. The van der Waals surface area contributed by atoms with Gasteiger partial charge in [0.1, 0.15) is 0 Å². The predicted octanol–water partition coefficient (Wildman–Crippen LogP) is 4.18. The molecule has 0 bridgehead atoms. The van der Waals surface area contributed by atoms with Crippen LogP contribution in [0.3, 0.4) is 0 Å². The zero-order valence-electron chi connectivity index (χ0n) is 12.8. The standard InChI is InChI=1S/C19H19NO2S/c20-13-17-4-1-2-6-18(17)15-9-7-14(8-10-15)12-16(19(21)22)5-3-11-23/h1-2,4,6-10,16,23H,3,5,11-12H2,(H,21,22). The number of hydrogen-bond acceptors (Lipinski definition) is 3. The molecule has 0 fully saturated rings. The first-order chi connectivity index (χ1) is 11.2. The minimum Gasteiger partial charge on any atom is -0.481 e. The number of carbonyl (C=O) groups is 1. The fraction of sp³-hybridized carbons (Fsp3) is 0.263. The molecule has 118 valence electrons. The van der Waals surface area contributed by atoms with E-state index in [0.29, 0.717) is 24.2 Å². The summed E-state index contributed by atoms with van der Waals surface area (Å²) in [5.41, 5.74) is 3.49. The van der Waals surface area contributed by atoms with Crippen molar-refractivity contribution < 1.29 is 9.90 Å². The van der Waals surface area contributed by atoms with Gasteiger partial charge in [0, 0.05) is 0 Å². The summed E-state index contributed by atoms with van der Waals surface area (Å²) >= 11 is 4.14. The Hall–Kier alpha value is -2.25. The van der Waals surface area contributed by atoms with Gasteiger partial charge in [-0.25, -0.2) is 0 Å². The molecule has 1 unspecified atom stereocenters. The van der Waals surface area contributed by atoms with E-state index >= 15 is 0 Å². The van der Waals surface area contributed by atoms with Crippen LogP contribution in [0.25, 0.3) is 11.1 Å². The van der Waals surface area contributed by atoms with Crippen molar-refractivity contribution in [3.8, 4) is 17.2 Å². The summed E-state index contributed by atoms with van der Waals surface area (Å²) in [5.74, 6) is -0.432. The zero-order chi connectivity index (χ0) is 16.7. The molecule has 4 heteroatoms. The van der Waals surface area contributed by atoms with Crippen molar-refractivity contribution >= 4 is 18.6 Å². The summed E-state index contributed by atoms with van der Waals surface area (Å²) in [6.45, 7) is 0. The van der Waals surface area contributed by atoms with Crippen LogP contribution in [0.15, 0.2) is 48.5 Å². The molecule has 23 heavy (non-hydrogen) atoms. The van der Waals surface area contributed by atoms with Crippen molar-refractivity contribution in [2.45, 2.75) is 19.3 Å². The van der Waals surface area contributed by atoms with Crippen molar-refractivity contribution in [1.29, 1.82) is 5.26 Å². The number of carboxylic acids is 1. The van der Waals surface area contributed by atoms with Crippen LogP contribution in [-0.2, 0) is 11.2 Å². The smallest absolute Gasteiger partial charge is 0.306 e. The maximum absolute atomic E-state index is 11.3. The lowest BCUT2D eigenvalue weighted by Gasteiger charge is -2.12. The van der Waals surface area contributed by atoms with Gasteiger partial charge in [-0.05, 0) is 47.8 Å². The highest BCUT2D eigenvalue weighted by molar-refractivity contribution is 7.80. The Balaban J connectivity index is 2.16. The third-order valence-corrected chi connectivity index (χ3v) is 4.17. The first kappa shape index (κ1) is 17.1. The number of rotatable bonds is 7. The summed E-state index contributed by atoms with van der Waals surface area (Å²) in [6.07, 6.45) is 1.95. The Kier molecular flexibility index (Phi) is 6.25. The lowest BCUT2D eigenvalue weighted by Crippen LogP contribution is -2.16. The van der Waals surface area contributed by atoms with Crippen molar-refractivity contribution in [3.05, 3.63) is 59.7 Å². The molecule has 0 aromatic heterocycles. The molecule has 2 rings (SSSR count). The summed E-state index contributed by atoms with van der Waals surface area (Å²) in [5, 5.41) is 18.5. The van der Waals surface area contributed by atoms with E-state index in [2.05, 4.69) is 18.7 Å². The van der Waals surface area contributed by atoms with Crippen molar-refractivity contribution in [2.24, 2.45) is 5.92 Å². The molecule has 0 aliphatic carbocycles. The van der Waals surface area contributed by atoms with Crippen LogP contribution in [0.4, 0.5) is 0 Å².